The average Bonchev–Trinajstić information content (AvgIpc) is 2.77. The molecular formula is C21H20Cl2FN5O3. The molecule has 1 aliphatic heterocycles. The van der Waals surface area contributed by atoms with Crippen molar-refractivity contribution in [2.45, 2.75) is 13.0 Å². The number of hydrogen-bond acceptors (Lipinski definition) is 5. The third kappa shape index (κ3) is 5.23. The van der Waals surface area contributed by atoms with Gasteiger partial charge in [0, 0.05) is 56.8 Å². The fourth-order valence-electron chi connectivity index (χ4n) is 3.55. The molecule has 0 aliphatic carbocycles. The molecule has 2 aromatic rings. The monoisotopic (exact) mass is 479 g/mol. The Labute approximate surface area is 194 Å². The number of nitrogens with zero attached hydrogens (tertiary/aromatic N) is 4. The second-order valence-electron chi connectivity index (χ2n) is 7.06. The molecule has 2 aromatic heterocycles. The molecule has 0 aromatic carbocycles. The summed E-state index contributed by atoms with van der Waals surface area (Å²) in [7, 11) is 1.41. The van der Waals surface area contributed by atoms with Gasteiger partial charge in [-0.25, -0.2) is 9.97 Å². The summed E-state index contributed by atoms with van der Waals surface area (Å²) in [5.74, 6) is -1.84. The second kappa shape index (κ2) is 10.1. The van der Waals surface area contributed by atoms with Crippen LogP contribution in [0.15, 0.2) is 35.9 Å². The van der Waals surface area contributed by atoms with Gasteiger partial charge in [0.15, 0.2) is 0 Å². The maximum atomic E-state index is 14.1. The third-order valence-corrected chi connectivity index (χ3v) is 5.37. The maximum Gasteiger partial charge on any atom is 0.269 e. The quantitative estimate of drug-likeness (QED) is 0.537. The molecule has 1 N–H and O–H groups in total. The van der Waals surface area contributed by atoms with Crippen LogP contribution < -0.4 is 5.32 Å². The van der Waals surface area contributed by atoms with E-state index in [1.54, 1.807) is 21.9 Å². The average molecular weight is 480 g/mol. The van der Waals surface area contributed by atoms with E-state index in [-0.39, 0.29) is 29.2 Å². The molecule has 11 heteroatoms. The number of amides is 3. The number of piperazine rings is 1. The van der Waals surface area contributed by atoms with Crippen molar-refractivity contribution in [1.29, 1.82) is 0 Å². The van der Waals surface area contributed by atoms with E-state index in [0.717, 1.165) is 11.6 Å². The topological polar surface area (TPSA) is 95.5 Å². The maximum absolute atomic E-state index is 14.1. The van der Waals surface area contributed by atoms with Crippen LogP contribution in [0.1, 0.15) is 29.0 Å². The number of halogens is 3. The molecule has 3 rings (SSSR count). The Hall–Kier alpha value is -3.04. The first-order valence-corrected chi connectivity index (χ1v) is 10.4. The summed E-state index contributed by atoms with van der Waals surface area (Å²) in [6.07, 6.45) is 1.24. The number of rotatable bonds is 4. The van der Waals surface area contributed by atoms with Crippen LogP contribution in [-0.2, 0) is 9.59 Å². The smallest absolute Gasteiger partial charge is 0.269 e. The van der Waals surface area contributed by atoms with Gasteiger partial charge in [0.2, 0.25) is 17.8 Å². The van der Waals surface area contributed by atoms with Crippen molar-refractivity contribution in [2.24, 2.45) is 0 Å². The summed E-state index contributed by atoms with van der Waals surface area (Å²) in [4.78, 5) is 47.5. The lowest BCUT2D eigenvalue weighted by Gasteiger charge is -2.41. The largest absolute Gasteiger partial charge is 0.354 e. The third-order valence-electron chi connectivity index (χ3n) is 5.05. The van der Waals surface area contributed by atoms with Crippen molar-refractivity contribution in [3.63, 3.8) is 0 Å². The molecule has 1 unspecified atom stereocenters. The Bertz CT molecular complexity index is 1100. The predicted molar refractivity (Wildman–Crippen MR) is 118 cm³/mol. The lowest BCUT2D eigenvalue weighted by molar-refractivity contribution is -0.139. The lowest BCUT2D eigenvalue weighted by Crippen LogP contribution is -2.51. The summed E-state index contributed by atoms with van der Waals surface area (Å²) in [6.45, 7) is 2.34. The molecule has 1 aliphatic rings. The van der Waals surface area contributed by atoms with E-state index in [1.165, 1.54) is 26.1 Å². The van der Waals surface area contributed by atoms with Crippen molar-refractivity contribution < 1.29 is 18.8 Å². The fraction of sp³-hybridized carbons (Fsp3) is 0.286. The molecular weight excluding hydrogens is 460 g/mol. The highest BCUT2D eigenvalue weighted by Gasteiger charge is 2.32. The molecule has 168 valence electrons. The van der Waals surface area contributed by atoms with Crippen LogP contribution in [0.3, 0.4) is 0 Å². The highest BCUT2D eigenvalue weighted by Crippen LogP contribution is 2.31. The van der Waals surface area contributed by atoms with Crippen LogP contribution in [0, 0.1) is 5.95 Å². The van der Waals surface area contributed by atoms with Crippen LogP contribution in [0.4, 0.5) is 4.39 Å². The van der Waals surface area contributed by atoms with Gasteiger partial charge in [-0.1, -0.05) is 23.2 Å². The zero-order valence-corrected chi connectivity index (χ0v) is 18.8. The molecule has 1 fully saturated rings. The van der Waals surface area contributed by atoms with Gasteiger partial charge in [0.1, 0.15) is 10.8 Å². The minimum atomic E-state index is -0.850. The van der Waals surface area contributed by atoms with Crippen molar-refractivity contribution >= 4 is 40.9 Å². The Kier molecular flexibility index (Phi) is 7.42. The van der Waals surface area contributed by atoms with Gasteiger partial charge in [-0.2, -0.15) is 4.39 Å². The summed E-state index contributed by atoms with van der Waals surface area (Å²) < 4.78 is 14.1. The molecule has 1 atom stereocenters. The Morgan fingerprint density at radius 3 is 2.59 bits per heavy atom. The van der Waals surface area contributed by atoms with Crippen LogP contribution >= 0.6 is 23.2 Å². The molecule has 0 radical (unpaired) electrons. The normalized spacial score (nSPS) is 16.3. The zero-order chi connectivity index (χ0) is 23.4. The van der Waals surface area contributed by atoms with Crippen molar-refractivity contribution in [3.05, 3.63) is 58.2 Å². The van der Waals surface area contributed by atoms with Crippen LogP contribution in [0.25, 0.3) is 11.3 Å². The standard InChI is InChI=1S/C21H20Cl2FN5O3/c1-12(30)29-6-5-28(20(31)3-4-22)11-17(29)14-8-15(26-18(23)9-14)13-7-16(21(32)25-2)27-19(24)10-13/h3-4,7-10,17H,5-6,11H2,1-2H3,(H,25,32)/b4-3-. The molecule has 32 heavy (non-hydrogen) atoms. The lowest BCUT2D eigenvalue weighted by atomic mass is 10.00. The summed E-state index contributed by atoms with van der Waals surface area (Å²) >= 11 is 11.8. The van der Waals surface area contributed by atoms with Gasteiger partial charge < -0.3 is 15.1 Å². The van der Waals surface area contributed by atoms with Crippen LogP contribution in [0.5, 0.6) is 0 Å². The summed E-state index contributed by atoms with van der Waals surface area (Å²) in [5, 5.41) is 2.51. The highest BCUT2D eigenvalue weighted by molar-refractivity contribution is 6.29. The van der Waals surface area contributed by atoms with E-state index in [0.29, 0.717) is 29.9 Å². The van der Waals surface area contributed by atoms with E-state index >= 15 is 0 Å². The zero-order valence-electron chi connectivity index (χ0n) is 17.3. The van der Waals surface area contributed by atoms with Gasteiger partial charge in [0.05, 0.1) is 11.7 Å². The highest BCUT2D eigenvalue weighted by atomic mass is 35.5. The van der Waals surface area contributed by atoms with E-state index < -0.39 is 17.9 Å². The molecule has 8 nitrogen and oxygen atoms in total. The second-order valence-corrected chi connectivity index (χ2v) is 7.70. The van der Waals surface area contributed by atoms with Gasteiger partial charge in [-0.15, -0.1) is 0 Å². The van der Waals surface area contributed by atoms with Crippen LogP contribution in [0.2, 0.25) is 5.15 Å². The first-order chi connectivity index (χ1) is 15.2. The Balaban J connectivity index is 2.04. The summed E-state index contributed by atoms with van der Waals surface area (Å²) in [5.41, 5.74) is 2.23. The Morgan fingerprint density at radius 1 is 1.19 bits per heavy atom. The summed E-state index contributed by atoms with van der Waals surface area (Å²) in [6, 6.07) is 5.28. The molecule has 3 heterocycles. The predicted octanol–water partition coefficient (Wildman–Crippen LogP) is 2.78. The van der Waals surface area contributed by atoms with Gasteiger partial charge >= 0.3 is 0 Å². The molecule has 1 saturated heterocycles. The van der Waals surface area contributed by atoms with E-state index in [2.05, 4.69) is 15.3 Å². The van der Waals surface area contributed by atoms with E-state index in [1.807, 2.05) is 0 Å². The Morgan fingerprint density at radius 2 is 1.94 bits per heavy atom. The number of carbonyl (C=O) groups is 3. The van der Waals surface area contributed by atoms with Gasteiger partial charge in [-0.3, -0.25) is 14.4 Å². The number of aromatic nitrogens is 2. The number of hydrogen-bond donors (Lipinski definition) is 1. The number of carbonyl (C=O) groups excluding carboxylic acids is 3. The van der Waals surface area contributed by atoms with Gasteiger partial charge in [-0.05, 0) is 23.8 Å². The minimum Gasteiger partial charge on any atom is -0.354 e. The first kappa shape index (κ1) is 23.6. The van der Waals surface area contributed by atoms with E-state index in [4.69, 9.17) is 23.2 Å². The van der Waals surface area contributed by atoms with Gasteiger partial charge in [0.25, 0.3) is 5.91 Å². The van der Waals surface area contributed by atoms with Crippen molar-refractivity contribution in [2.75, 3.05) is 26.7 Å². The molecule has 0 bridgehead atoms. The number of pyridine rings is 2. The SMILES string of the molecule is CNC(=O)c1cc(-c2cc(C3CN(C(=O)/C=C\Cl)CCN3C(C)=O)cc(Cl)n2)cc(F)n1. The first-order valence-electron chi connectivity index (χ1n) is 9.64. The van der Waals surface area contributed by atoms with Crippen molar-refractivity contribution in [3.8, 4) is 11.3 Å². The minimum absolute atomic E-state index is 0.113. The number of nitrogens with one attached hydrogen (secondary N) is 1. The molecule has 3 amide bonds. The van der Waals surface area contributed by atoms with Crippen LogP contribution in [-0.4, -0.2) is 64.2 Å². The van der Waals surface area contributed by atoms with Crippen molar-refractivity contribution in [1.82, 2.24) is 25.1 Å². The van der Waals surface area contributed by atoms with E-state index in [9.17, 15) is 18.8 Å². The molecule has 0 spiro atoms. The fourth-order valence-corrected chi connectivity index (χ4v) is 3.88. The molecule has 0 saturated carbocycles.